The molecule has 1 unspecified atom stereocenters. The summed E-state index contributed by atoms with van der Waals surface area (Å²) in [4.78, 5) is 34.0. The molecular weight excluding hydrogens is 334 g/mol. The average molecular weight is 349 g/mol. The lowest BCUT2D eigenvalue weighted by Gasteiger charge is -2.14. The standard InChI is InChI=1S/C15H15N3O5S/c1-23-13(10-6-7-24-9-10)8-16-14(19)15(20)17-11-4-2-3-5-12(11)18(21)22/h2-7,9,13H,8H2,1H3,(H,16,19)(H,17,20). The third-order valence-electron chi connectivity index (χ3n) is 3.20. The van der Waals surface area contributed by atoms with Gasteiger partial charge in [-0.1, -0.05) is 12.1 Å². The minimum absolute atomic E-state index is 0.0382. The number of ether oxygens (including phenoxy) is 1. The van der Waals surface area contributed by atoms with E-state index in [4.69, 9.17) is 4.74 Å². The normalized spacial score (nSPS) is 11.5. The second-order valence-electron chi connectivity index (χ2n) is 4.72. The van der Waals surface area contributed by atoms with Crippen molar-refractivity contribution in [2.24, 2.45) is 0 Å². The number of carbonyl (C=O) groups excluding carboxylic acids is 2. The van der Waals surface area contributed by atoms with E-state index in [0.29, 0.717) is 0 Å². The fourth-order valence-electron chi connectivity index (χ4n) is 1.98. The average Bonchev–Trinajstić information content (AvgIpc) is 3.10. The fourth-order valence-corrected chi connectivity index (χ4v) is 2.68. The van der Waals surface area contributed by atoms with Crippen LogP contribution in [0.25, 0.3) is 0 Å². The zero-order valence-corrected chi connectivity index (χ0v) is 13.5. The molecule has 2 N–H and O–H groups in total. The van der Waals surface area contributed by atoms with Crippen molar-refractivity contribution in [1.29, 1.82) is 0 Å². The first-order valence-electron chi connectivity index (χ1n) is 6.90. The molecule has 1 aromatic carbocycles. The molecule has 24 heavy (non-hydrogen) atoms. The number of nitro benzene ring substituents is 1. The van der Waals surface area contributed by atoms with Crippen molar-refractivity contribution in [2.75, 3.05) is 19.0 Å². The third kappa shape index (κ3) is 4.37. The van der Waals surface area contributed by atoms with E-state index in [1.54, 1.807) is 0 Å². The summed E-state index contributed by atoms with van der Waals surface area (Å²) in [7, 11) is 1.50. The van der Waals surface area contributed by atoms with Gasteiger partial charge in [-0.25, -0.2) is 0 Å². The van der Waals surface area contributed by atoms with Crippen molar-refractivity contribution in [3.05, 3.63) is 56.8 Å². The van der Waals surface area contributed by atoms with Crippen molar-refractivity contribution in [3.63, 3.8) is 0 Å². The predicted octanol–water partition coefficient (Wildman–Crippen LogP) is 2.10. The van der Waals surface area contributed by atoms with Crippen LogP contribution in [-0.2, 0) is 14.3 Å². The molecule has 1 heterocycles. The van der Waals surface area contributed by atoms with Gasteiger partial charge < -0.3 is 15.4 Å². The summed E-state index contributed by atoms with van der Waals surface area (Å²) < 4.78 is 5.26. The number of carbonyl (C=O) groups is 2. The lowest BCUT2D eigenvalue weighted by atomic mass is 10.2. The molecule has 0 spiro atoms. The number of nitro groups is 1. The number of thiophene rings is 1. The largest absolute Gasteiger partial charge is 0.375 e. The van der Waals surface area contributed by atoms with Crippen LogP contribution in [0, 0.1) is 10.1 Å². The second kappa shape index (κ2) is 8.18. The summed E-state index contributed by atoms with van der Waals surface area (Å²) in [6.45, 7) is 0.108. The number of methoxy groups -OCH3 is 1. The Labute approximate surface area is 141 Å². The molecule has 0 saturated carbocycles. The van der Waals surface area contributed by atoms with Gasteiger partial charge in [0.05, 0.1) is 4.92 Å². The topological polar surface area (TPSA) is 111 Å². The van der Waals surface area contributed by atoms with E-state index in [-0.39, 0.29) is 24.0 Å². The van der Waals surface area contributed by atoms with Crippen LogP contribution in [-0.4, -0.2) is 30.4 Å². The van der Waals surface area contributed by atoms with Gasteiger partial charge in [0.1, 0.15) is 11.8 Å². The van der Waals surface area contributed by atoms with Gasteiger partial charge in [-0.3, -0.25) is 19.7 Å². The quantitative estimate of drug-likeness (QED) is 0.471. The number of nitrogens with one attached hydrogen (secondary N) is 2. The molecule has 9 heteroatoms. The SMILES string of the molecule is COC(CNC(=O)C(=O)Nc1ccccc1[N+](=O)[O-])c1ccsc1. The number of hydrogen-bond acceptors (Lipinski definition) is 6. The highest BCUT2D eigenvalue weighted by atomic mass is 32.1. The molecule has 2 aromatic rings. The molecule has 126 valence electrons. The van der Waals surface area contributed by atoms with Crippen molar-refractivity contribution >= 4 is 34.5 Å². The van der Waals surface area contributed by atoms with E-state index in [9.17, 15) is 19.7 Å². The summed E-state index contributed by atoms with van der Waals surface area (Å²) >= 11 is 1.49. The molecule has 0 fully saturated rings. The number of benzene rings is 1. The maximum absolute atomic E-state index is 11.9. The molecule has 0 aliphatic heterocycles. The van der Waals surface area contributed by atoms with Gasteiger partial charge >= 0.3 is 11.8 Å². The van der Waals surface area contributed by atoms with Crippen LogP contribution in [0.1, 0.15) is 11.7 Å². The Hall–Kier alpha value is -2.78. The Morgan fingerprint density at radius 3 is 2.67 bits per heavy atom. The predicted molar refractivity (Wildman–Crippen MR) is 88.8 cm³/mol. The molecule has 2 rings (SSSR count). The minimum atomic E-state index is -0.982. The van der Waals surface area contributed by atoms with Gasteiger partial charge in [-0.2, -0.15) is 11.3 Å². The number of nitrogens with zero attached hydrogens (tertiary/aromatic N) is 1. The molecular formula is C15H15N3O5S. The third-order valence-corrected chi connectivity index (χ3v) is 3.90. The first-order valence-corrected chi connectivity index (χ1v) is 7.84. The summed E-state index contributed by atoms with van der Waals surface area (Å²) in [6, 6.07) is 7.45. The monoisotopic (exact) mass is 349 g/mol. The smallest absolute Gasteiger partial charge is 0.313 e. The number of amides is 2. The number of para-hydroxylation sites is 2. The summed E-state index contributed by atoms with van der Waals surface area (Å²) in [5.41, 5.74) is 0.567. The van der Waals surface area contributed by atoms with E-state index in [2.05, 4.69) is 10.6 Å². The molecule has 2 amide bonds. The zero-order valence-electron chi connectivity index (χ0n) is 12.7. The highest BCUT2D eigenvalue weighted by Gasteiger charge is 2.20. The van der Waals surface area contributed by atoms with E-state index in [1.165, 1.54) is 42.7 Å². The van der Waals surface area contributed by atoms with Crippen LogP contribution in [0.15, 0.2) is 41.1 Å². The van der Waals surface area contributed by atoms with Gasteiger partial charge in [-0.15, -0.1) is 0 Å². The molecule has 0 aliphatic carbocycles. The summed E-state index contributed by atoms with van der Waals surface area (Å²) in [6.07, 6.45) is -0.376. The van der Waals surface area contributed by atoms with E-state index >= 15 is 0 Å². The first kappa shape index (κ1) is 17.6. The van der Waals surface area contributed by atoms with E-state index in [0.717, 1.165) is 5.56 Å². The van der Waals surface area contributed by atoms with Crippen molar-refractivity contribution < 1.29 is 19.2 Å². The lowest BCUT2D eigenvalue weighted by Crippen LogP contribution is -2.38. The Kier molecular flexibility index (Phi) is 5.99. The fraction of sp³-hybridized carbons (Fsp3) is 0.200. The summed E-state index contributed by atoms with van der Waals surface area (Å²) in [5, 5.41) is 19.3. The maximum atomic E-state index is 11.9. The number of rotatable bonds is 6. The van der Waals surface area contributed by atoms with Gasteiger partial charge in [-0.05, 0) is 28.5 Å². The summed E-state index contributed by atoms with van der Waals surface area (Å²) in [5.74, 6) is -1.88. The van der Waals surface area contributed by atoms with Crippen molar-refractivity contribution in [3.8, 4) is 0 Å². The van der Waals surface area contributed by atoms with Gasteiger partial charge in [0.2, 0.25) is 0 Å². The van der Waals surface area contributed by atoms with Crippen molar-refractivity contribution in [1.82, 2.24) is 5.32 Å². The van der Waals surface area contributed by atoms with Gasteiger partial charge in [0.25, 0.3) is 5.69 Å². The van der Waals surface area contributed by atoms with Crippen LogP contribution >= 0.6 is 11.3 Å². The molecule has 0 aliphatic rings. The minimum Gasteiger partial charge on any atom is -0.375 e. The Bertz CT molecular complexity index is 732. The van der Waals surface area contributed by atoms with Crippen LogP contribution < -0.4 is 10.6 Å². The Morgan fingerprint density at radius 2 is 2.04 bits per heavy atom. The Morgan fingerprint density at radius 1 is 1.29 bits per heavy atom. The van der Waals surface area contributed by atoms with Crippen molar-refractivity contribution in [2.45, 2.75) is 6.10 Å². The molecule has 0 radical (unpaired) electrons. The highest BCUT2D eigenvalue weighted by Crippen LogP contribution is 2.23. The highest BCUT2D eigenvalue weighted by molar-refractivity contribution is 7.07. The van der Waals surface area contributed by atoms with Gasteiger partial charge in [0.15, 0.2) is 0 Å². The molecule has 1 atom stereocenters. The molecule has 0 saturated heterocycles. The number of hydrogen-bond donors (Lipinski definition) is 2. The van der Waals surface area contributed by atoms with Crippen LogP contribution in [0.5, 0.6) is 0 Å². The van der Waals surface area contributed by atoms with Crippen LogP contribution in [0.3, 0.4) is 0 Å². The van der Waals surface area contributed by atoms with Crippen LogP contribution in [0.4, 0.5) is 11.4 Å². The van der Waals surface area contributed by atoms with Crippen LogP contribution in [0.2, 0.25) is 0 Å². The number of anilines is 1. The lowest BCUT2D eigenvalue weighted by molar-refractivity contribution is -0.383. The second-order valence-corrected chi connectivity index (χ2v) is 5.50. The first-order chi connectivity index (χ1) is 11.5. The Balaban J connectivity index is 1.95. The van der Waals surface area contributed by atoms with E-state index < -0.39 is 16.7 Å². The zero-order chi connectivity index (χ0) is 17.5. The molecule has 0 bridgehead atoms. The molecule has 1 aromatic heterocycles. The van der Waals surface area contributed by atoms with E-state index in [1.807, 2.05) is 16.8 Å². The molecule has 8 nitrogen and oxygen atoms in total. The van der Waals surface area contributed by atoms with Gasteiger partial charge in [0, 0.05) is 19.7 Å². The maximum Gasteiger partial charge on any atom is 0.313 e.